The molecule has 0 saturated heterocycles. The molecular formula is C24H15F3N4. The van der Waals surface area contributed by atoms with Gasteiger partial charge in [-0.1, -0.05) is 72.8 Å². The third-order valence-corrected chi connectivity index (χ3v) is 4.90. The number of benzene rings is 3. The minimum Gasteiger partial charge on any atom is -0.209 e. The van der Waals surface area contributed by atoms with Crippen LogP contribution in [0.5, 0.6) is 0 Å². The van der Waals surface area contributed by atoms with E-state index < -0.39 is 11.7 Å². The van der Waals surface area contributed by atoms with Gasteiger partial charge in [0.05, 0.1) is 11.3 Å². The Kier molecular flexibility index (Phi) is 4.51. The first-order chi connectivity index (χ1) is 15.0. The first-order valence-corrected chi connectivity index (χ1v) is 9.55. The number of nitrogens with zero attached hydrogens (tertiary/aromatic N) is 4. The summed E-state index contributed by atoms with van der Waals surface area (Å²) in [6, 6.07) is 25.8. The maximum Gasteiger partial charge on any atom is 0.416 e. The van der Waals surface area contributed by atoms with Crippen LogP contribution in [0.15, 0.2) is 91.0 Å². The van der Waals surface area contributed by atoms with E-state index in [0.29, 0.717) is 28.6 Å². The monoisotopic (exact) mass is 416 g/mol. The molecule has 7 heteroatoms. The lowest BCUT2D eigenvalue weighted by molar-refractivity contribution is -0.137. The topological polar surface area (TPSA) is 43.1 Å². The average Bonchev–Trinajstić information content (AvgIpc) is 3.23. The van der Waals surface area contributed by atoms with Crippen molar-refractivity contribution in [2.45, 2.75) is 6.18 Å². The number of alkyl halides is 3. The second kappa shape index (κ2) is 7.36. The largest absolute Gasteiger partial charge is 0.416 e. The van der Waals surface area contributed by atoms with Gasteiger partial charge in [-0.3, -0.25) is 0 Å². The lowest BCUT2D eigenvalue weighted by atomic mass is 10.1. The molecular weight excluding hydrogens is 401 g/mol. The van der Waals surface area contributed by atoms with Gasteiger partial charge in [-0.05, 0) is 12.1 Å². The lowest BCUT2D eigenvalue weighted by Crippen LogP contribution is -2.05. The zero-order chi connectivity index (χ0) is 21.4. The highest BCUT2D eigenvalue weighted by Gasteiger charge is 2.30. The standard InChI is InChI=1S/C24H15F3N4/c25-24(26,27)19-13-11-18(12-14-19)23-29-22(17-9-5-2-6-10-17)28-21-15-20(30-31(21)23)16-7-3-1-4-8-16/h1-15H. The summed E-state index contributed by atoms with van der Waals surface area (Å²) in [5.41, 5.74) is 2.78. The van der Waals surface area contributed by atoms with Gasteiger partial charge in [-0.15, -0.1) is 0 Å². The molecule has 0 radical (unpaired) electrons. The highest BCUT2D eigenvalue weighted by atomic mass is 19.4. The van der Waals surface area contributed by atoms with Gasteiger partial charge in [0.1, 0.15) is 0 Å². The fourth-order valence-electron chi connectivity index (χ4n) is 3.35. The number of rotatable bonds is 3. The summed E-state index contributed by atoms with van der Waals surface area (Å²) in [7, 11) is 0. The van der Waals surface area contributed by atoms with Crippen LogP contribution in [0.4, 0.5) is 13.2 Å². The number of fused-ring (bicyclic) bond motifs is 1. The molecule has 0 aliphatic carbocycles. The van der Waals surface area contributed by atoms with Crippen LogP contribution >= 0.6 is 0 Å². The van der Waals surface area contributed by atoms with E-state index in [1.54, 1.807) is 4.52 Å². The SMILES string of the molecule is FC(F)(F)c1ccc(-c2nc(-c3ccccc3)nc3cc(-c4ccccc4)nn23)cc1. The molecule has 4 nitrogen and oxygen atoms in total. The van der Waals surface area contributed by atoms with E-state index in [1.807, 2.05) is 66.7 Å². The number of hydrogen-bond donors (Lipinski definition) is 0. The molecule has 0 bridgehead atoms. The predicted octanol–water partition coefficient (Wildman–Crippen LogP) is 6.14. The summed E-state index contributed by atoms with van der Waals surface area (Å²) in [5, 5.41) is 4.63. The summed E-state index contributed by atoms with van der Waals surface area (Å²) in [4.78, 5) is 9.29. The molecule has 0 N–H and O–H groups in total. The van der Waals surface area contributed by atoms with Crippen LogP contribution in [0.3, 0.4) is 0 Å². The van der Waals surface area contributed by atoms with Gasteiger partial charge in [0.25, 0.3) is 0 Å². The first-order valence-electron chi connectivity index (χ1n) is 9.55. The van der Waals surface area contributed by atoms with Gasteiger partial charge in [0.2, 0.25) is 0 Å². The highest BCUT2D eigenvalue weighted by molar-refractivity contribution is 5.70. The molecule has 0 amide bonds. The molecule has 0 spiro atoms. The zero-order valence-corrected chi connectivity index (χ0v) is 16.1. The van der Waals surface area contributed by atoms with Gasteiger partial charge in [0.15, 0.2) is 17.3 Å². The van der Waals surface area contributed by atoms with Crippen LogP contribution in [0.1, 0.15) is 5.56 Å². The van der Waals surface area contributed by atoms with Crippen molar-refractivity contribution in [3.05, 3.63) is 96.6 Å². The second-order valence-corrected chi connectivity index (χ2v) is 6.98. The number of aromatic nitrogens is 4. The van der Waals surface area contributed by atoms with Crippen molar-refractivity contribution in [1.29, 1.82) is 0 Å². The van der Waals surface area contributed by atoms with E-state index in [-0.39, 0.29) is 0 Å². The van der Waals surface area contributed by atoms with E-state index in [0.717, 1.165) is 23.3 Å². The first kappa shape index (κ1) is 19.0. The Morgan fingerprint density at radius 3 is 1.87 bits per heavy atom. The van der Waals surface area contributed by atoms with Crippen molar-refractivity contribution in [3.8, 4) is 34.0 Å². The normalized spacial score (nSPS) is 11.7. The number of hydrogen-bond acceptors (Lipinski definition) is 3. The van der Waals surface area contributed by atoms with Crippen LogP contribution in [-0.4, -0.2) is 19.6 Å². The van der Waals surface area contributed by atoms with E-state index in [2.05, 4.69) is 15.1 Å². The maximum atomic E-state index is 13.0. The molecule has 0 fully saturated rings. The molecule has 152 valence electrons. The van der Waals surface area contributed by atoms with E-state index in [4.69, 9.17) is 0 Å². The van der Waals surface area contributed by atoms with Crippen molar-refractivity contribution in [2.75, 3.05) is 0 Å². The Labute approximate surface area is 175 Å². The van der Waals surface area contributed by atoms with Crippen molar-refractivity contribution in [1.82, 2.24) is 19.6 Å². The fraction of sp³-hybridized carbons (Fsp3) is 0.0417. The minimum atomic E-state index is -4.40. The van der Waals surface area contributed by atoms with Gasteiger partial charge >= 0.3 is 6.18 Å². The maximum absolute atomic E-state index is 13.0. The summed E-state index contributed by atoms with van der Waals surface area (Å²) >= 11 is 0. The second-order valence-electron chi connectivity index (χ2n) is 6.98. The van der Waals surface area contributed by atoms with Crippen molar-refractivity contribution >= 4 is 5.65 Å². The van der Waals surface area contributed by atoms with Crippen molar-refractivity contribution in [3.63, 3.8) is 0 Å². The van der Waals surface area contributed by atoms with Gasteiger partial charge in [-0.25, -0.2) is 9.97 Å². The number of halogens is 3. The Bertz CT molecular complexity index is 1340. The van der Waals surface area contributed by atoms with Crippen LogP contribution in [0.2, 0.25) is 0 Å². The van der Waals surface area contributed by atoms with Gasteiger partial charge in [0, 0.05) is 22.8 Å². The average molecular weight is 416 g/mol. The smallest absolute Gasteiger partial charge is 0.209 e. The molecule has 5 rings (SSSR count). The van der Waals surface area contributed by atoms with Crippen LogP contribution < -0.4 is 0 Å². The molecule has 2 heterocycles. The molecule has 5 aromatic rings. The zero-order valence-electron chi connectivity index (χ0n) is 16.1. The molecule has 2 aromatic heterocycles. The summed E-state index contributed by atoms with van der Waals surface area (Å²) in [6.45, 7) is 0. The van der Waals surface area contributed by atoms with E-state index >= 15 is 0 Å². The quantitative estimate of drug-likeness (QED) is 0.355. The molecule has 31 heavy (non-hydrogen) atoms. The van der Waals surface area contributed by atoms with Crippen LogP contribution in [0.25, 0.3) is 39.7 Å². The minimum absolute atomic E-state index is 0.416. The Balaban J connectivity index is 1.72. The van der Waals surface area contributed by atoms with Crippen molar-refractivity contribution in [2.24, 2.45) is 0 Å². The molecule has 0 saturated carbocycles. The van der Waals surface area contributed by atoms with Crippen LogP contribution in [-0.2, 0) is 6.18 Å². The van der Waals surface area contributed by atoms with Crippen molar-refractivity contribution < 1.29 is 13.2 Å². The molecule has 0 aliphatic heterocycles. The third-order valence-electron chi connectivity index (χ3n) is 4.90. The van der Waals surface area contributed by atoms with E-state index in [1.165, 1.54) is 12.1 Å². The summed E-state index contributed by atoms with van der Waals surface area (Å²) in [6.07, 6.45) is -4.40. The molecule has 0 aliphatic rings. The Morgan fingerprint density at radius 2 is 1.26 bits per heavy atom. The van der Waals surface area contributed by atoms with Crippen LogP contribution in [0, 0.1) is 0 Å². The highest BCUT2D eigenvalue weighted by Crippen LogP contribution is 2.31. The molecule has 0 unspecified atom stereocenters. The third kappa shape index (κ3) is 3.66. The molecule has 3 aromatic carbocycles. The van der Waals surface area contributed by atoms with Gasteiger partial charge < -0.3 is 0 Å². The van der Waals surface area contributed by atoms with E-state index in [9.17, 15) is 13.2 Å². The summed E-state index contributed by atoms with van der Waals surface area (Å²) in [5.74, 6) is 0.891. The van der Waals surface area contributed by atoms with Gasteiger partial charge in [-0.2, -0.15) is 22.8 Å². The Morgan fingerprint density at radius 1 is 0.645 bits per heavy atom. The summed E-state index contributed by atoms with van der Waals surface area (Å²) < 4.78 is 40.6. The fourth-order valence-corrected chi connectivity index (χ4v) is 3.35. The Hall–Kier alpha value is -4.00. The lowest BCUT2D eigenvalue weighted by Gasteiger charge is -2.10. The molecule has 0 atom stereocenters. The predicted molar refractivity (Wildman–Crippen MR) is 112 cm³/mol.